The van der Waals surface area contributed by atoms with Gasteiger partial charge in [-0.05, 0) is 55.0 Å². The first kappa shape index (κ1) is 21.4. The van der Waals surface area contributed by atoms with Gasteiger partial charge in [-0.1, -0.05) is 48.5 Å². The maximum absolute atomic E-state index is 4.62. The van der Waals surface area contributed by atoms with Gasteiger partial charge in [0.25, 0.3) is 0 Å². The molecule has 0 fully saturated rings. The van der Waals surface area contributed by atoms with E-state index in [-0.39, 0.29) is 0 Å². The lowest BCUT2D eigenvalue weighted by Gasteiger charge is -2.08. The van der Waals surface area contributed by atoms with Gasteiger partial charge in [0.05, 0.1) is 22.7 Å². The molecule has 0 radical (unpaired) electrons. The molecular formula is C27H20N4S2. The van der Waals surface area contributed by atoms with Crippen molar-refractivity contribution >= 4 is 69.6 Å². The molecule has 0 saturated heterocycles. The Hall–Kier alpha value is -3.48. The minimum absolute atomic E-state index is 0.755. The molecule has 5 rings (SSSR count). The van der Waals surface area contributed by atoms with Crippen molar-refractivity contribution in [2.45, 2.75) is 16.7 Å². The van der Waals surface area contributed by atoms with Crippen molar-refractivity contribution in [2.75, 3.05) is 0 Å². The quantitative estimate of drug-likeness (QED) is 0.196. The molecule has 0 aromatic heterocycles. The maximum Gasteiger partial charge on any atom is 0.0936 e. The van der Waals surface area contributed by atoms with Crippen molar-refractivity contribution < 1.29 is 0 Å². The highest BCUT2D eigenvalue weighted by molar-refractivity contribution is 7.80. The first-order chi connectivity index (χ1) is 16.1. The fourth-order valence-corrected chi connectivity index (χ4v) is 4.45. The highest BCUT2D eigenvalue weighted by Gasteiger charge is 2.08. The zero-order valence-corrected chi connectivity index (χ0v) is 19.6. The first-order valence-electron chi connectivity index (χ1n) is 10.5. The molecule has 0 saturated carbocycles. The topological polar surface area (TPSA) is 49.4 Å². The number of azo groups is 2. The van der Waals surface area contributed by atoms with Crippen LogP contribution in [-0.4, -0.2) is 0 Å². The lowest BCUT2D eigenvalue weighted by Crippen LogP contribution is -1.81. The Morgan fingerprint density at radius 3 is 1.82 bits per heavy atom. The zero-order chi connectivity index (χ0) is 22.8. The Morgan fingerprint density at radius 2 is 1.12 bits per heavy atom. The predicted molar refractivity (Wildman–Crippen MR) is 142 cm³/mol. The van der Waals surface area contributed by atoms with Crippen LogP contribution in [0.15, 0.2) is 121 Å². The maximum atomic E-state index is 4.62. The Kier molecular flexibility index (Phi) is 5.94. The standard InChI is InChI=1S/C27H20N4S2/c1-17-12-13-25(22-10-5-11-26(33)27(17)22)31-30-24-15-14-23(20-8-2-3-9-21(20)24)29-28-18-6-4-7-19(32)16-18/h2-16,32-33H,1H3. The van der Waals surface area contributed by atoms with Gasteiger partial charge in [-0.15, -0.1) is 40.6 Å². The number of hydrogen-bond donors (Lipinski definition) is 2. The summed E-state index contributed by atoms with van der Waals surface area (Å²) in [4.78, 5) is 1.78. The predicted octanol–water partition coefficient (Wildman–Crippen LogP) is 9.71. The number of thiol groups is 2. The van der Waals surface area contributed by atoms with Gasteiger partial charge < -0.3 is 0 Å². The van der Waals surface area contributed by atoms with Gasteiger partial charge in [-0.25, -0.2) is 0 Å². The monoisotopic (exact) mass is 464 g/mol. The van der Waals surface area contributed by atoms with Crippen molar-refractivity contribution in [1.82, 2.24) is 0 Å². The third-order valence-corrected chi connectivity index (χ3v) is 6.10. The highest BCUT2D eigenvalue weighted by atomic mass is 32.1. The molecule has 5 aromatic rings. The van der Waals surface area contributed by atoms with Gasteiger partial charge >= 0.3 is 0 Å². The van der Waals surface area contributed by atoms with Crippen LogP contribution in [-0.2, 0) is 0 Å². The number of rotatable bonds is 4. The summed E-state index contributed by atoms with van der Waals surface area (Å²) in [5.41, 5.74) is 4.28. The van der Waals surface area contributed by atoms with Crippen LogP contribution in [0.1, 0.15) is 5.56 Å². The van der Waals surface area contributed by atoms with Crippen LogP contribution in [0.3, 0.4) is 0 Å². The molecule has 5 aromatic carbocycles. The van der Waals surface area contributed by atoms with Crippen LogP contribution in [0.2, 0.25) is 0 Å². The molecule has 0 atom stereocenters. The molecule has 0 heterocycles. The van der Waals surface area contributed by atoms with Crippen molar-refractivity contribution in [1.29, 1.82) is 0 Å². The van der Waals surface area contributed by atoms with Crippen LogP contribution >= 0.6 is 25.3 Å². The van der Waals surface area contributed by atoms with Gasteiger partial charge in [0.2, 0.25) is 0 Å². The second kappa shape index (κ2) is 9.17. The molecule has 0 N–H and O–H groups in total. The molecule has 0 aliphatic carbocycles. The summed E-state index contributed by atoms with van der Waals surface area (Å²) in [6.07, 6.45) is 0. The van der Waals surface area contributed by atoms with Gasteiger partial charge in [0.15, 0.2) is 0 Å². The Bertz CT molecular complexity index is 1550. The molecule has 4 nitrogen and oxygen atoms in total. The Balaban J connectivity index is 1.55. The minimum Gasteiger partial charge on any atom is -0.151 e. The molecule has 0 amide bonds. The smallest absolute Gasteiger partial charge is 0.0936 e. The van der Waals surface area contributed by atoms with Crippen LogP contribution < -0.4 is 0 Å². The molecule has 6 heteroatoms. The van der Waals surface area contributed by atoms with Crippen LogP contribution in [0.5, 0.6) is 0 Å². The van der Waals surface area contributed by atoms with Crippen molar-refractivity contribution in [3.8, 4) is 0 Å². The highest BCUT2D eigenvalue weighted by Crippen LogP contribution is 2.37. The van der Waals surface area contributed by atoms with Crippen molar-refractivity contribution in [2.24, 2.45) is 20.5 Å². The number of aryl methyl sites for hydroxylation is 1. The van der Waals surface area contributed by atoms with Gasteiger partial charge in [-0.3, -0.25) is 0 Å². The van der Waals surface area contributed by atoms with Crippen LogP contribution in [0.25, 0.3) is 21.5 Å². The first-order valence-corrected chi connectivity index (χ1v) is 11.4. The fourth-order valence-electron chi connectivity index (χ4n) is 3.85. The summed E-state index contributed by atoms with van der Waals surface area (Å²) in [5, 5.41) is 22.1. The van der Waals surface area contributed by atoms with E-state index >= 15 is 0 Å². The van der Waals surface area contributed by atoms with Crippen molar-refractivity contribution in [3.63, 3.8) is 0 Å². The summed E-state index contributed by atoms with van der Waals surface area (Å²) < 4.78 is 0. The van der Waals surface area contributed by atoms with Gasteiger partial charge in [0.1, 0.15) is 0 Å². The molecular weight excluding hydrogens is 444 g/mol. The zero-order valence-electron chi connectivity index (χ0n) is 17.8. The van der Waals surface area contributed by atoms with E-state index in [9.17, 15) is 0 Å². The van der Waals surface area contributed by atoms with E-state index in [2.05, 4.69) is 64.8 Å². The SMILES string of the molecule is Cc1ccc(N=Nc2ccc(N=Nc3cccc(S)c3)c3ccccc23)c2cccc(S)c12. The number of hydrogen-bond acceptors (Lipinski definition) is 6. The Morgan fingerprint density at radius 1 is 0.545 bits per heavy atom. The molecule has 0 aliphatic heterocycles. The minimum atomic E-state index is 0.755. The summed E-state index contributed by atoms with van der Waals surface area (Å²) in [7, 11) is 0. The van der Waals surface area contributed by atoms with E-state index in [0.29, 0.717) is 0 Å². The lowest BCUT2D eigenvalue weighted by atomic mass is 10.0. The van der Waals surface area contributed by atoms with E-state index in [0.717, 1.165) is 59.6 Å². The Labute approximate surface area is 202 Å². The molecule has 0 unspecified atom stereocenters. The largest absolute Gasteiger partial charge is 0.151 e. The average molecular weight is 465 g/mol. The summed E-state index contributed by atoms with van der Waals surface area (Å²) in [5.74, 6) is 0. The van der Waals surface area contributed by atoms with Gasteiger partial charge in [0, 0.05) is 31.3 Å². The lowest BCUT2D eigenvalue weighted by molar-refractivity contribution is 1.22. The summed E-state index contributed by atoms with van der Waals surface area (Å²) >= 11 is 8.99. The van der Waals surface area contributed by atoms with E-state index in [1.807, 2.05) is 78.9 Å². The van der Waals surface area contributed by atoms with E-state index in [4.69, 9.17) is 0 Å². The summed E-state index contributed by atoms with van der Waals surface area (Å²) in [6, 6.07) is 29.5. The number of nitrogens with zero attached hydrogens (tertiary/aromatic N) is 4. The number of fused-ring (bicyclic) bond motifs is 2. The fraction of sp³-hybridized carbons (Fsp3) is 0.0370. The second-order valence-electron chi connectivity index (χ2n) is 7.67. The molecule has 0 bridgehead atoms. The molecule has 0 spiro atoms. The van der Waals surface area contributed by atoms with Gasteiger partial charge in [-0.2, -0.15) is 5.11 Å². The van der Waals surface area contributed by atoms with E-state index in [1.54, 1.807) is 0 Å². The molecule has 160 valence electrons. The normalized spacial score (nSPS) is 11.8. The van der Waals surface area contributed by atoms with E-state index in [1.165, 1.54) is 0 Å². The van der Waals surface area contributed by atoms with Crippen LogP contribution in [0.4, 0.5) is 22.7 Å². The third-order valence-electron chi connectivity index (χ3n) is 5.45. The summed E-state index contributed by atoms with van der Waals surface area (Å²) in [6.45, 7) is 2.08. The van der Waals surface area contributed by atoms with E-state index < -0.39 is 0 Å². The second-order valence-corrected chi connectivity index (χ2v) is 8.67. The number of benzene rings is 5. The van der Waals surface area contributed by atoms with Crippen molar-refractivity contribution in [3.05, 3.63) is 96.6 Å². The van der Waals surface area contributed by atoms with Crippen LogP contribution in [0, 0.1) is 6.92 Å². The average Bonchev–Trinajstić information content (AvgIpc) is 2.83. The molecule has 0 aliphatic rings. The third kappa shape index (κ3) is 4.40. The molecule has 33 heavy (non-hydrogen) atoms.